The Morgan fingerprint density at radius 3 is 2.50 bits per heavy atom. The molecule has 0 amide bonds. The molecule has 7 heteroatoms. The van der Waals surface area contributed by atoms with Crippen molar-refractivity contribution in [1.29, 1.82) is 0 Å². The summed E-state index contributed by atoms with van der Waals surface area (Å²) in [4.78, 5) is 11.3. The van der Waals surface area contributed by atoms with Gasteiger partial charge in [0, 0.05) is 45.0 Å². The Labute approximate surface area is 218 Å². The van der Waals surface area contributed by atoms with E-state index in [0.717, 1.165) is 49.6 Å². The highest BCUT2D eigenvalue weighted by Gasteiger charge is 2.23. The summed E-state index contributed by atoms with van der Waals surface area (Å²) in [5, 5.41) is 7.04. The molecular weight excluding hydrogens is 535 g/mol. The number of nitrogens with zero attached hydrogens (tertiary/aromatic N) is 4. The van der Waals surface area contributed by atoms with Crippen LogP contribution in [0.2, 0.25) is 0 Å². The molecule has 0 aliphatic carbocycles. The number of aromatic nitrogens is 2. The van der Waals surface area contributed by atoms with Gasteiger partial charge in [0.2, 0.25) is 0 Å². The van der Waals surface area contributed by atoms with E-state index >= 15 is 0 Å². The topological polar surface area (TPSA) is 57.5 Å². The van der Waals surface area contributed by atoms with E-state index in [9.17, 15) is 0 Å². The Morgan fingerprint density at radius 1 is 0.971 bits per heavy atom. The number of anilines is 1. The van der Waals surface area contributed by atoms with Crippen molar-refractivity contribution in [2.75, 3.05) is 25.0 Å². The van der Waals surface area contributed by atoms with Gasteiger partial charge in [0.05, 0.1) is 17.4 Å². The van der Waals surface area contributed by atoms with Gasteiger partial charge in [-0.1, -0.05) is 54.6 Å². The van der Waals surface area contributed by atoms with E-state index in [-0.39, 0.29) is 24.0 Å². The molecule has 1 saturated heterocycles. The van der Waals surface area contributed by atoms with E-state index < -0.39 is 0 Å². The van der Waals surface area contributed by atoms with Crippen LogP contribution in [-0.2, 0) is 13.1 Å². The highest BCUT2D eigenvalue weighted by molar-refractivity contribution is 14.0. The number of para-hydroxylation sites is 3. The molecular formula is C27H31IN6. The van der Waals surface area contributed by atoms with Crippen molar-refractivity contribution in [1.82, 2.24) is 20.2 Å². The van der Waals surface area contributed by atoms with Gasteiger partial charge in [0.25, 0.3) is 0 Å². The Morgan fingerprint density at radius 2 is 1.71 bits per heavy atom. The van der Waals surface area contributed by atoms with Crippen molar-refractivity contribution >= 4 is 46.7 Å². The summed E-state index contributed by atoms with van der Waals surface area (Å²) in [7, 11) is 1.83. The maximum Gasteiger partial charge on any atom is 0.191 e. The van der Waals surface area contributed by atoms with Crippen LogP contribution in [0.1, 0.15) is 17.5 Å². The fourth-order valence-electron chi connectivity index (χ4n) is 4.42. The number of halogens is 1. The van der Waals surface area contributed by atoms with Gasteiger partial charge in [0.1, 0.15) is 0 Å². The van der Waals surface area contributed by atoms with Crippen molar-refractivity contribution in [3.63, 3.8) is 0 Å². The number of hydrogen-bond donors (Lipinski definition) is 2. The quantitative estimate of drug-likeness (QED) is 0.203. The van der Waals surface area contributed by atoms with E-state index in [0.29, 0.717) is 6.04 Å². The molecule has 6 nitrogen and oxygen atoms in total. The lowest BCUT2D eigenvalue weighted by Crippen LogP contribution is -2.44. The van der Waals surface area contributed by atoms with Crippen molar-refractivity contribution < 1.29 is 0 Å². The number of benzene rings is 3. The van der Waals surface area contributed by atoms with Crippen LogP contribution in [0.15, 0.2) is 90.2 Å². The van der Waals surface area contributed by atoms with E-state index in [2.05, 4.69) is 96.8 Å². The average molecular weight is 566 g/mol. The molecule has 1 aliphatic rings. The standard InChI is InChI=1S/C27H30N6.HI/c1-28-27(31-23-15-16-32(19-23)24-7-3-2-4-8-24)29-17-21-11-13-22(14-12-21)18-33-20-30-25-9-5-6-10-26(25)33;/h2-14,20,23H,15-19H2,1H3,(H2,28,29,31);1H. The maximum absolute atomic E-state index is 4.48. The molecule has 176 valence electrons. The van der Waals surface area contributed by atoms with Crippen LogP contribution < -0.4 is 15.5 Å². The highest BCUT2D eigenvalue weighted by Crippen LogP contribution is 2.19. The third kappa shape index (κ3) is 5.70. The second kappa shape index (κ2) is 11.4. The Balaban J connectivity index is 0.00000274. The first-order valence-electron chi connectivity index (χ1n) is 11.5. The fraction of sp³-hybridized carbons (Fsp3) is 0.259. The van der Waals surface area contributed by atoms with Crippen molar-refractivity contribution in [2.45, 2.75) is 25.6 Å². The van der Waals surface area contributed by atoms with Crippen molar-refractivity contribution in [2.24, 2.45) is 4.99 Å². The van der Waals surface area contributed by atoms with Gasteiger partial charge in [-0.05, 0) is 41.8 Å². The van der Waals surface area contributed by atoms with Crippen LogP contribution in [0.5, 0.6) is 0 Å². The molecule has 3 aromatic carbocycles. The number of aliphatic imine (C=N–C) groups is 1. The van der Waals surface area contributed by atoms with Crippen LogP contribution in [-0.4, -0.2) is 41.7 Å². The van der Waals surface area contributed by atoms with Crippen molar-refractivity contribution in [3.8, 4) is 0 Å². The normalized spacial score (nSPS) is 15.9. The zero-order chi connectivity index (χ0) is 22.5. The van der Waals surface area contributed by atoms with Gasteiger partial charge < -0.3 is 20.1 Å². The summed E-state index contributed by atoms with van der Waals surface area (Å²) in [6.45, 7) is 3.61. The first-order valence-corrected chi connectivity index (χ1v) is 11.5. The Bertz CT molecular complexity index is 1220. The maximum atomic E-state index is 4.48. The first kappa shape index (κ1) is 24.1. The summed E-state index contributed by atoms with van der Waals surface area (Å²) >= 11 is 0. The summed E-state index contributed by atoms with van der Waals surface area (Å²) in [6, 6.07) is 28.0. The number of guanidine groups is 1. The summed E-state index contributed by atoms with van der Waals surface area (Å²) in [6.07, 6.45) is 3.02. The molecule has 2 heterocycles. The number of imidazole rings is 1. The predicted molar refractivity (Wildman–Crippen MR) is 151 cm³/mol. The van der Waals surface area contributed by atoms with Crippen LogP contribution >= 0.6 is 24.0 Å². The Hall–Kier alpha value is -3.07. The molecule has 0 bridgehead atoms. The lowest BCUT2D eigenvalue weighted by atomic mass is 10.1. The zero-order valence-corrected chi connectivity index (χ0v) is 21.7. The smallest absolute Gasteiger partial charge is 0.191 e. The van der Waals surface area contributed by atoms with Crippen LogP contribution in [0.4, 0.5) is 5.69 Å². The van der Waals surface area contributed by atoms with Gasteiger partial charge in [-0.15, -0.1) is 24.0 Å². The van der Waals surface area contributed by atoms with Gasteiger partial charge in [-0.25, -0.2) is 4.98 Å². The molecule has 1 aromatic heterocycles. The number of hydrogen-bond acceptors (Lipinski definition) is 3. The lowest BCUT2D eigenvalue weighted by Gasteiger charge is -2.20. The minimum atomic E-state index is 0. The summed E-state index contributed by atoms with van der Waals surface area (Å²) in [5.41, 5.74) is 5.97. The van der Waals surface area contributed by atoms with E-state index in [1.54, 1.807) is 0 Å². The SMILES string of the molecule is CN=C(NCc1ccc(Cn2cnc3ccccc32)cc1)NC1CCN(c2ccccc2)C1.I. The highest BCUT2D eigenvalue weighted by atomic mass is 127. The molecule has 0 spiro atoms. The van der Waals surface area contributed by atoms with Crippen LogP contribution in [0.3, 0.4) is 0 Å². The second-order valence-corrected chi connectivity index (χ2v) is 8.51. The molecule has 1 aliphatic heterocycles. The summed E-state index contributed by atoms with van der Waals surface area (Å²) in [5.74, 6) is 0.851. The minimum absolute atomic E-state index is 0. The van der Waals surface area contributed by atoms with E-state index in [1.807, 2.05) is 25.5 Å². The molecule has 0 saturated carbocycles. The number of nitrogens with one attached hydrogen (secondary N) is 2. The molecule has 5 rings (SSSR count). The molecule has 2 N–H and O–H groups in total. The van der Waals surface area contributed by atoms with E-state index in [4.69, 9.17) is 0 Å². The van der Waals surface area contributed by atoms with Crippen LogP contribution in [0.25, 0.3) is 11.0 Å². The molecule has 1 fully saturated rings. The number of fused-ring (bicyclic) bond motifs is 1. The molecule has 1 atom stereocenters. The Kier molecular flexibility index (Phi) is 8.05. The molecule has 1 unspecified atom stereocenters. The van der Waals surface area contributed by atoms with Crippen LogP contribution in [0, 0.1) is 0 Å². The third-order valence-corrected chi connectivity index (χ3v) is 6.24. The van der Waals surface area contributed by atoms with Gasteiger partial charge in [-0.2, -0.15) is 0 Å². The van der Waals surface area contributed by atoms with Gasteiger partial charge in [-0.3, -0.25) is 4.99 Å². The lowest BCUT2D eigenvalue weighted by molar-refractivity contribution is 0.648. The molecule has 34 heavy (non-hydrogen) atoms. The number of rotatable bonds is 6. The largest absolute Gasteiger partial charge is 0.369 e. The predicted octanol–water partition coefficient (Wildman–Crippen LogP) is 4.65. The zero-order valence-electron chi connectivity index (χ0n) is 19.4. The molecule has 4 aromatic rings. The monoisotopic (exact) mass is 566 g/mol. The third-order valence-electron chi connectivity index (χ3n) is 6.24. The average Bonchev–Trinajstić information content (AvgIpc) is 3.51. The fourth-order valence-corrected chi connectivity index (χ4v) is 4.42. The summed E-state index contributed by atoms with van der Waals surface area (Å²) < 4.78 is 2.19. The van der Waals surface area contributed by atoms with E-state index in [1.165, 1.54) is 16.8 Å². The van der Waals surface area contributed by atoms with Gasteiger partial charge in [0.15, 0.2) is 5.96 Å². The minimum Gasteiger partial charge on any atom is -0.369 e. The van der Waals surface area contributed by atoms with Crippen molar-refractivity contribution in [3.05, 3.63) is 96.3 Å². The second-order valence-electron chi connectivity index (χ2n) is 8.51. The first-order chi connectivity index (χ1) is 16.3. The molecule has 0 radical (unpaired) electrons. The van der Waals surface area contributed by atoms with Gasteiger partial charge >= 0.3 is 0 Å².